The number of carbonyl (C=O) groups is 3. The van der Waals surface area contributed by atoms with Gasteiger partial charge in [0.25, 0.3) is 11.1 Å². The number of aliphatic hydroxyl groups is 1. The summed E-state index contributed by atoms with van der Waals surface area (Å²) in [4.78, 5) is 37.5. The number of furan rings is 1. The van der Waals surface area contributed by atoms with Crippen LogP contribution in [0.25, 0.3) is 6.08 Å². The van der Waals surface area contributed by atoms with E-state index in [9.17, 15) is 19.5 Å². The van der Waals surface area contributed by atoms with E-state index >= 15 is 0 Å². The Morgan fingerprint density at radius 1 is 1.46 bits per heavy atom. The first-order valence-corrected chi connectivity index (χ1v) is 9.36. The molecule has 2 atom stereocenters. The average Bonchev–Trinajstić information content (AvgIpc) is 3.24. The normalized spacial score (nSPS) is 25.7. The van der Waals surface area contributed by atoms with Crippen LogP contribution in [0.3, 0.4) is 0 Å². The summed E-state index contributed by atoms with van der Waals surface area (Å²) in [6, 6.07) is 3.11. The number of hydrogen-bond donors (Lipinski definition) is 2. The average molecular weight is 368 g/mol. The lowest BCUT2D eigenvalue weighted by atomic mass is 10.2. The Balaban J connectivity index is 1.54. The van der Waals surface area contributed by atoms with Gasteiger partial charge in [0.1, 0.15) is 5.76 Å². The van der Waals surface area contributed by atoms with Crippen molar-refractivity contribution in [2.75, 3.05) is 18.1 Å². The van der Waals surface area contributed by atoms with Crippen LogP contribution in [0.15, 0.2) is 27.7 Å². The van der Waals surface area contributed by atoms with Crippen LogP contribution in [-0.2, 0) is 9.59 Å². The van der Waals surface area contributed by atoms with E-state index in [1.807, 2.05) is 0 Å². The summed E-state index contributed by atoms with van der Waals surface area (Å²) in [6.45, 7) is 0.0158. The van der Waals surface area contributed by atoms with E-state index in [2.05, 4.69) is 5.32 Å². The molecule has 7 nitrogen and oxygen atoms in total. The molecular weight excluding hydrogens is 352 g/mol. The van der Waals surface area contributed by atoms with Crippen LogP contribution < -0.4 is 5.32 Å². The van der Waals surface area contributed by atoms with Gasteiger partial charge in [0.05, 0.1) is 23.3 Å². The highest BCUT2D eigenvalue weighted by atomic mass is 32.2. The van der Waals surface area contributed by atoms with Crippen LogP contribution in [0.5, 0.6) is 0 Å². The molecule has 0 spiro atoms. The molecule has 2 fully saturated rings. The number of nitrogens with one attached hydrogen (secondary N) is 1. The van der Waals surface area contributed by atoms with E-state index in [1.165, 1.54) is 12.3 Å². The predicted octanol–water partition coefficient (Wildman–Crippen LogP) is 1.30. The maximum absolute atomic E-state index is 12.3. The molecule has 2 aliphatic heterocycles. The molecule has 9 heteroatoms. The van der Waals surface area contributed by atoms with Crippen molar-refractivity contribution >= 4 is 46.7 Å². The summed E-state index contributed by atoms with van der Waals surface area (Å²) in [5, 5.41) is 12.0. The summed E-state index contributed by atoms with van der Waals surface area (Å²) in [7, 11) is 0. The fraction of sp³-hybridized carbons (Fsp3) is 0.400. The molecule has 0 saturated carbocycles. The molecule has 3 rings (SSSR count). The molecular formula is C15H16N2O5S2. The number of aliphatic hydroxyl groups excluding tert-OH is 1. The third kappa shape index (κ3) is 3.85. The van der Waals surface area contributed by atoms with Crippen molar-refractivity contribution in [3.05, 3.63) is 29.1 Å². The van der Waals surface area contributed by atoms with Crippen molar-refractivity contribution in [3.63, 3.8) is 0 Å². The number of hydrogen-bond acceptors (Lipinski definition) is 7. The minimum absolute atomic E-state index is 0.0138. The Morgan fingerprint density at radius 3 is 2.96 bits per heavy atom. The molecule has 0 radical (unpaired) electrons. The highest BCUT2D eigenvalue weighted by Crippen LogP contribution is 2.32. The first-order chi connectivity index (χ1) is 11.5. The Labute approximate surface area is 146 Å². The molecule has 3 heterocycles. The number of amides is 3. The number of rotatable bonds is 5. The Kier molecular flexibility index (Phi) is 5.32. The molecule has 24 heavy (non-hydrogen) atoms. The molecule has 3 amide bonds. The topological polar surface area (TPSA) is 99.9 Å². The van der Waals surface area contributed by atoms with Crippen LogP contribution >= 0.6 is 23.5 Å². The Bertz CT molecular complexity index is 673. The van der Waals surface area contributed by atoms with Crippen LogP contribution in [0.2, 0.25) is 0 Å². The maximum Gasteiger partial charge on any atom is 0.293 e. The van der Waals surface area contributed by atoms with Crippen LogP contribution in [0, 0.1) is 0 Å². The monoisotopic (exact) mass is 368 g/mol. The van der Waals surface area contributed by atoms with Gasteiger partial charge in [-0.3, -0.25) is 19.3 Å². The van der Waals surface area contributed by atoms with E-state index in [1.54, 1.807) is 23.9 Å². The van der Waals surface area contributed by atoms with Gasteiger partial charge >= 0.3 is 0 Å². The van der Waals surface area contributed by atoms with Crippen molar-refractivity contribution in [1.29, 1.82) is 0 Å². The van der Waals surface area contributed by atoms with Crippen molar-refractivity contribution in [3.8, 4) is 0 Å². The molecule has 0 aromatic carbocycles. The first-order valence-electron chi connectivity index (χ1n) is 7.38. The molecule has 0 aliphatic carbocycles. The van der Waals surface area contributed by atoms with Crippen LogP contribution in [0.4, 0.5) is 4.79 Å². The second-order valence-corrected chi connectivity index (χ2v) is 7.45. The minimum Gasteiger partial charge on any atom is -0.465 e. The highest BCUT2D eigenvalue weighted by molar-refractivity contribution is 8.18. The fourth-order valence-electron chi connectivity index (χ4n) is 2.37. The van der Waals surface area contributed by atoms with Gasteiger partial charge in [0.2, 0.25) is 5.91 Å². The van der Waals surface area contributed by atoms with Gasteiger partial charge in [-0.05, 0) is 23.9 Å². The van der Waals surface area contributed by atoms with E-state index in [0.29, 0.717) is 17.3 Å². The van der Waals surface area contributed by atoms with Crippen LogP contribution in [-0.4, -0.2) is 57.3 Å². The lowest BCUT2D eigenvalue weighted by Crippen LogP contribution is -2.43. The largest absolute Gasteiger partial charge is 0.465 e. The SMILES string of the molecule is O=C(CCN1C(=O)SC(=Cc2ccco2)C1=O)N[C@@H]1CSC[C@@H]1O. The number of imide groups is 1. The van der Waals surface area contributed by atoms with Gasteiger partial charge in [-0.2, -0.15) is 11.8 Å². The molecule has 0 bridgehead atoms. The van der Waals surface area contributed by atoms with Gasteiger partial charge in [-0.15, -0.1) is 0 Å². The molecule has 0 unspecified atom stereocenters. The third-order valence-corrected chi connectivity index (χ3v) is 5.73. The summed E-state index contributed by atoms with van der Waals surface area (Å²) in [6.07, 6.45) is 2.46. The van der Waals surface area contributed by atoms with Gasteiger partial charge in [-0.25, -0.2) is 0 Å². The Morgan fingerprint density at radius 2 is 2.29 bits per heavy atom. The molecule has 1 aromatic rings. The smallest absolute Gasteiger partial charge is 0.293 e. The van der Waals surface area contributed by atoms with E-state index in [0.717, 1.165) is 16.7 Å². The zero-order valence-corrected chi connectivity index (χ0v) is 14.3. The number of carbonyl (C=O) groups excluding carboxylic acids is 3. The quantitative estimate of drug-likeness (QED) is 0.756. The molecule has 2 saturated heterocycles. The zero-order valence-electron chi connectivity index (χ0n) is 12.6. The maximum atomic E-state index is 12.3. The summed E-state index contributed by atoms with van der Waals surface area (Å²) < 4.78 is 5.14. The standard InChI is InChI=1S/C15H16N2O5S2/c18-11-8-23-7-10(11)16-13(19)3-4-17-14(20)12(24-15(17)21)6-9-2-1-5-22-9/h1-2,5-6,10-11,18H,3-4,7-8H2,(H,16,19)/t10-,11+/m1/s1. The van der Waals surface area contributed by atoms with Crippen LogP contribution in [0.1, 0.15) is 12.2 Å². The third-order valence-electron chi connectivity index (χ3n) is 3.65. The summed E-state index contributed by atoms with van der Waals surface area (Å²) in [5.74, 6) is 1.05. The zero-order chi connectivity index (χ0) is 17.1. The number of nitrogens with zero attached hydrogens (tertiary/aromatic N) is 1. The highest BCUT2D eigenvalue weighted by Gasteiger charge is 2.35. The van der Waals surface area contributed by atoms with Crippen molar-refractivity contribution in [1.82, 2.24) is 10.2 Å². The fourth-order valence-corrected chi connectivity index (χ4v) is 4.38. The van der Waals surface area contributed by atoms with Gasteiger partial charge in [0, 0.05) is 30.5 Å². The molecule has 128 valence electrons. The van der Waals surface area contributed by atoms with Gasteiger partial charge in [-0.1, -0.05) is 0 Å². The van der Waals surface area contributed by atoms with Gasteiger partial charge < -0.3 is 14.8 Å². The second kappa shape index (κ2) is 7.45. The van der Waals surface area contributed by atoms with Crippen molar-refractivity contribution in [2.24, 2.45) is 0 Å². The molecule has 1 aromatic heterocycles. The molecule has 2 N–H and O–H groups in total. The summed E-state index contributed by atoms with van der Waals surface area (Å²) >= 11 is 2.40. The predicted molar refractivity (Wildman–Crippen MR) is 91.3 cm³/mol. The van der Waals surface area contributed by atoms with E-state index in [4.69, 9.17) is 4.42 Å². The van der Waals surface area contributed by atoms with E-state index < -0.39 is 17.3 Å². The second-order valence-electron chi connectivity index (χ2n) is 5.38. The first kappa shape index (κ1) is 17.1. The Hall–Kier alpha value is -1.71. The van der Waals surface area contributed by atoms with E-state index in [-0.39, 0.29) is 29.8 Å². The lowest BCUT2D eigenvalue weighted by Gasteiger charge is -2.17. The van der Waals surface area contributed by atoms with Crippen molar-refractivity contribution in [2.45, 2.75) is 18.6 Å². The number of thioether (sulfide) groups is 2. The minimum atomic E-state index is -0.549. The lowest BCUT2D eigenvalue weighted by molar-refractivity contribution is -0.124. The molecule has 2 aliphatic rings. The van der Waals surface area contributed by atoms with Gasteiger partial charge in [0.15, 0.2) is 0 Å². The van der Waals surface area contributed by atoms with Crippen molar-refractivity contribution < 1.29 is 23.9 Å². The summed E-state index contributed by atoms with van der Waals surface area (Å²) in [5.41, 5.74) is 0.